The molecule has 0 saturated heterocycles. The van der Waals surface area contributed by atoms with Gasteiger partial charge in [0.1, 0.15) is 5.75 Å². The third-order valence-electron chi connectivity index (χ3n) is 1.58. The van der Waals surface area contributed by atoms with Crippen molar-refractivity contribution < 1.29 is 10.2 Å². The molecule has 0 heterocycles. The van der Waals surface area contributed by atoms with Crippen LogP contribution in [0.2, 0.25) is 5.02 Å². The van der Waals surface area contributed by atoms with Gasteiger partial charge in [0.2, 0.25) is 0 Å². The SMILES string of the molecule is NC(CO)c1ccc(O)cc1Cl. The molecule has 0 aliphatic carbocycles. The minimum absolute atomic E-state index is 0.0916. The zero-order valence-corrected chi connectivity index (χ0v) is 7.12. The Morgan fingerprint density at radius 1 is 1.50 bits per heavy atom. The number of benzene rings is 1. The predicted molar refractivity (Wildman–Crippen MR) is 47.1 cm³/mol. The Morgan fingerprint density at radius 3 is 2.67 bits per heavy atom. The zero-order valence-electron chi connectivity index (χ0n) is 6.37. The molecule has 0 bridgehead atoms. The van der Waals surface area contributed by atoms with Gasteiger partial charge >= 0.3 is 0 Å². The summed E-state index contributed by atoms with van der Waals surface area (Å²) in [6, 6.07) is 3.99. The van der Waals surface area contributed by atoms with E-state index < -0.39 is 6.04 Å². The van der Waals surface area contributed by atoms with Crippen LogP contribution >= 0.6 is 11.6 Å². The Hall–Kier alpha value is -0.770. The Kier molecular flexibility index (Phi) is 2.92. The summed E-state index contributed by atoms with van der Waals surface area (Å²) in [7, 11) is 0. The molecule has 0 aliphatic rings. The Labute approximate surface area is 75.4 Å². The third-order valence-corrected chi connectivity index (χ3v) is 1.91. The number of hydrogen-bond acceptors (Lipinski definition) is 3. The Balaban J connectivity index is 3.01. The van der Waals surface area contributed by atoms with E-state index in [-0.39, 0.29) is 12.4 Å². The topological polar surface area (TPSA) is 66.5 Å². The molecule has 1 atom stereocenters. The predicted octanol–water partition coefficient (Wildman–Crippen LogP) is 1.04. The van der Waals surface area contributed by atoms with Gasteiger partial charge in [-0.05, 0) is 17.7 Å². The van der Waals surface area contributed by atoms with Crippen molar-refractivity contribution in [1.82, 2.24) is 0 Å². The highest BCUT2D eigenvalue weighted by Gasteiger charge is 2.08. The number of aliphatic hydroxyl groups is 1. The first-order valence-corrected chi connectivity index (χ1v) is 3.88. The fourth-order valence-corrected chi connectivity index (χ4v) is 1.23. The number of halogens is 1. The zero-order chi connectivity index (χ0) is 9.14. The first kappa shape index (κ1) is 9.32. The van der Waals surface area contributed by atoms with Gasteiger partial charge in [0.25, 0.3) is 0 Å². The van der Waals surface area contributed by atoms with Crippen LogP contribution in [0.1, 0.15) is 11.6 Å². The molecule has 4 heteroatoms. The monoisotopic (exact) mass is 187 g/mol. The largest absolute Gasteiger partial charge is 0.508 e. The van der Waals surface area contributed by atoms with E-state index in [1.54, 1.807) is 6.07 Å². The van der Waals surface area contributed by atoms with Crippen molar-refractivity contribution in [2.75, 3.05) is 6.61 Å². The summed E-state index contributed by atoms with van der Waals surface area (Å²) in [5.41, 5.74) is 6.17. The number of phenols is 1. The second kappa shape index (κ2) is 3.76. The molecule has 0 aromatic heterocycles. The van der Waals surface area contributed by atoms with Gasteiger partial charge in [-0.15, -0.1) is 0 Å². The van der Waals surface area contributed by atoms with Crippen LogP contribution in [0, 0.1) is 0 Å². The lowest BCUT2D eigenvalue weighted by atomic mass is 10.1. The number of phenolic OH excluding ortho intramolecular Hbond substituents is 1. The van der Waals surface area contributed by atoms with Crippen molar-refractivity contribution in [1.29, 1.82) is 0 Å². The third kappa shape index (κ3) is 1.88. The minimum Gasteiger partial charge on any atom is -0.508 e. The maximum atomic E-state index is 9.00. The van der Waals surface area contributed by atoms with Gasteiger partial charge in [-0.3, -0.25) is 0 Å². The molecule has 12 heavy (non-hydrogen) atoms. The van der Waals surface area contributed by atoms with Crippen LogP contribution in [0.5, 0.6) is 5.75 Å². The van der Waals surface area contributed by atoms with Crippen molar-refractivity contribution >= 4 is 11.6 Å². The van der Waals surface area contributed by atoms with Crippen molar-refractivity contribution in [3.63, 3.8) is 0 Å². The number of aliphatic hydroxyl groups excluding tert-OH is 1. The summed E-state index contributed by atoms with van der Waals surface area (Å²) in [4.78, 5) is 0. The van der Waals surface area contributed by atoms with E-state index in [4.69, 9.17) is 27.5 Å². The molecule has 1 rings (SSSR count). The van der Waals surface area contributed by atoms with Crippen LogP contribution in [-0.4, -0.2) is 16.8 Å². The molecule has 3 nitrogen and oxygen atoms in total. The second-order valence-corrected chi connectivity index (χ2v) is 2.90. The van der Waals surface area contributed by atoms with E-state index in [1.165, 1.54) is 12.1 Å². The number of hydrogen-bond donors (Lipinski definition) is 3. The summed E-state index contributed by atoms with van der Waals surface area (Å²) in [5, 5.41) is 18.1. The lowest BCUT2D eigenvalue weighted by molar-refractivity contribution is 0.268. The molecular formula is C8H10ClNO2. The standard InChI is InChI=1S/C8H10ClNO2/c9-7-3-5(12)1-2-6(7)8(10)4-11/h1-3,8,11-12H,4,10H2. The van der Waals surface area contributed by atoms with Crippen molar-refractivity contribution in [3.8, 4) is 5.75 Å². The average molecular weight is 188 g/mol. The normalized spacial score (nSPS) is 12.9. The fourth-order valence-electron chi connectivity index (χ4n) is 0.915. The van der Waals surface area contributed by atoms with E-state index in [0.29, 0.717) is 10.6 Å². The highest BCUT2D eigenvalue weighted by molar-refractivity contribution is 6.31. The van der Waals surface area contributed by atoms with Crippen molar-refractivity contribution in [2.45, 2.75) is 6.04 Å². The van der Waals surface area contributed by atoms with E-state index in [1.807, 2.05) is 0 Å². The number of nitrogens with two attached hydrogens (primary N) is 1. The first-order valence-electron chi connectivity index (χ1n) is 3.50. The van der Waals surface area contributed by atoms with E-state index in [0.717, 1.165) is 0 Å². The lowest BCUT2D eigenvalue weighted by Crippen LogP contribution is -2.14. The molecule has 0 radical (unpaired) electrons. The molecule has 4 N–H and O–H groups in total. The van der Waals surface area contributed by atoms with Crippen molar-refractivity contribution in [3.05, 3.63) is 28.8 Å². The van der Waals surface area contributed by atoms with Crippen LogP contribution < -0.4 is 5.73 Å². The van der Waals surface area contributed by atoms with E-state index in [2.05, 4.69) is 0 Å². The fraction of sp³-hybridized carbons (Fsp3) is 0.250. The Morgan fingerprint density at radius 2 is 2.17 bits per heavy atom. The molecule has 1 aromatic carbocycles. The summed E-state index contributed by atoms with van der Waals surface area (Å²) in [6.45, 7) is -0.162. The molecule has 66 valence electrons. The maximum absolute atomic E-state index is 9.00. The smallest absolute Gasteiger partial charge is 0.117 e. The van der Waals surface area contributed by atoms with E-state index >= 15 is 0 Å². The molecule has 1 aromatic rings. The van der Waals surface area contributed by atoms with Gasteiger partial charge < -0.3 is 15.9 Å². The van der Waals surface area contributed by atoms with Crippen LogP contribution in [0.25, 0.3) is 0 Å². The van der Waals surface area contributed by atoms with Crippen LogP contribution in [0.15, 0.2) is 18.2 Å². The van der Waals surface area contributed by atoms with Crippen molar-refractivity contribution in [2.24, 2.45) is 5.73 Å². The molecule has 0 aliphatic heterocycles. The second-order valence-electron chi connectivity index (χ2n) is 2.49. The van der Waals surface area contributed by atoms with Crippen LogP contribution in [0.3, 0.4) is 0 Å². The first-order chi connectivity index (χ1) is 5.65. The highest BCUT2D eigenvalue weighted by atomic mass is 35.5. The quantitative estimate of drug-likeness (QED) is 0.648. The van der Waals surface area contributed by atoms with Gasteiger partial charge in [0, 0.05) is 5.02 Å². The van der Waals surface area contributed by atoms with Gasteiger partial charge in [-0.1, -0.05) is 17.7 Å². The molecule has 0 amide bonds. The van der Waals surface area contributed by atoms with Gasteiger partial charge in [-0.2, -0.15) is 0 Å². The minimum atomic E-state index is -0.488. The molecule has 1 unspecified atom stereocenters. The van der Waals surface area contributed by atoms with Gasteiger partial charge in [-0.25, -0.2) is 0 Å². The highest BCUT2D eigenvalue weighted by Crippen LogP contribution is 2.25. The molecule has 0 saturated carbocycles. The molecule has 0 fully saturated rings. The summed E-state index contributed by atoms with van der Waals surface area (Å²) < 4.78 is 0. The summed E-state index contributed by atoms with van der Waals surface area (Å²) in [5.74, 6) is 0.0916. The number of rotatable bonds is 2. The van der Waals surface area contributed by atoms with Gasteiger partial charge in [0.05, 0.1) is 12.6 Å². The average Bonchev–Trinajstić information content (AvgIpc) is 2.03. The van der Waals surface area contributed by atoms with Gasteiger partial charge in [0.15, 0.2) is 0 Å². The molecular weight excluding hydrogens is 178 g/mol. The lowest BCUT2D eigenvalue weighted by Gasteiger charge is -2.10. The van der Waals surface area contributed by atoms with Crippen LogP contribution in [-0.2, 0) is 0 Å². The summed E-state index contributed by atoms with van der Waals surface area (Å²) in [6.07, 6.45) is 0. The van der Waals surface area contributed by atoms with E-state index in [9.17, 15) is 0 Å². The molecule has 0 spiro atoms. The van der Waals surface area contributed by atoms with Crippen LogP contribution in [0.4, 0.5) is 0 Å². The summed E-state index contributed by atoms with van der Waals surface area (Å²) >= 11 is 5.75. The number of aromatic hydroxyl groups is 1. The Bertz CT molecular complexity index is 278. The maximum Gasteiger partial charge on any atom is 0.117 e.